The Morgan fingerprint density at radius 2 is 2.08 bits per heavy atom. The Hall–Kier alpha value is -1.59. The minimum Gasteiger partial charge on any atom is -0.455 e. The van der Waals surface area contributed by atoms with Crippen LogP contribution in [0.2, 0.25) is 0 Å². The molecule has 1 aromatic heterocycles. The smallest absolute Gasteiger partial charge is 0.365 e. The largest absolute Gasteiger partial charge is 0.455 e. The first kappa shape index (κ1) is 9.50. The van der Waals surface area contributed by atoms with E-state index < -0.39 is 11.6 Å². The van der Waals surface area contributed by atoms with Gasteiger partial charge in [-0.1, -0.05) is 0 Å². The van der Waals surface area contributed by atoms with Crippen molar-refractivity contribution in [3.05, 3.63) is 5.69 Å². The molecule has 0 aliphatic rings. The number of nitrogens with zero attached hydrogens (tertiary/aromatic N) is 2. The molecule has 0 fully saturated rings. The zero-order valence-electron chi connectivity index (χ0n) is 7.70. The predicted molar refractivity (Wildman–Crippen MR) is 43.9 cm³/mol. The number of hydrogen-bond acceptors (Lipinski definition) is 6. The van der Waals surface area contributed by atoms with Crippen molar-refractivity contribution < 1.29 is 14.2 Å². The van der Waals surface area contributed by atoms with E-state index in [1.165, 1.54) is 0 Å². The standard InChI is InChI=1S/C7H11N3O3/c1-7(2,3)12-6(11)4-5(8)10-13-9-4/h1-3H3,(H2,8,10). The number of nitrogen functional groups attached to an aromatic ring is 1. The molecular weight excluding hydrogens is 174 g/mol. The Balaban J connectivity index is 2.76. The van der Waals surface area contributed by atoms with Crippen LogP contribution in [0.4, 0.5) is 5.82 Å². The molecule has 6 heteroatoms. The molecule has 0 radical (unpaired) electrons. The van der Waals surface area contributed by atoms with E-state index in [2.05, 4.69) is 14.9 Å². The molecule has 0 aliphatic heterocycles. The van der Waals surface area contributed by atoms with Gasteiger partial charge >= 0.3 is 5.97 Å². The number of anilines is 1. The summed E-state index contributed by atoms with van der Waals surface area (Å²) in [6.45, 7) is 5.23. The molecule has 1 heterocycles. The fourth-order valence-corrected chi connectivity index (χ4v) is 0.663. The molecule has 0 spiro atoms. The molecule has 1 aromatic rings. The summed E-state index contributed by atoms with van der Waals surface area (Å²) >= 11 is 0. The summed E-state index contributed by atoms with van der Waals surface area (Å²) in [7, 11) is 0. The van der Waals surface area contributed by atoms with E-state index in [0.29, 0.717) is 0 Å². The zero-order chi connectivity index (χ0) is 10.1. The van der Waals surface area contributed by atoms with Gasteiger partial charge < -0.3 is 10.5 Å². The third kappa shape index (κ3) is 2.43. The van der Waals surface area contributed by atoms with Crippen LogP contribution in [-0.2, 0) is 4.74 Å². The first-order valence-electron chi connectivity index (χ1n) is 3.71. The van der Waals surface area contributed by atoms with Gasteiger partial charge in [0.05, 0.1) is 0 Å². The van der Waals surface area contributed by atoms with Crippen LogP contribution in [0.1, 0.15) is 31.3 Å². The van der Waals surface area contributed by atoms with Crippen LogP contribution in [0.3, 0.4) is 0 Å². The maximum atomic E-state index is 11.3. The Labute approximate surface area is 75.0 Å². The van der Waals surface area contributed by atoms with Crippen LogP contribution < -0.4 is 5.73 Å². The summed E-state index contributed by atoms with van der Waals surface area (Å²) in [6.07, 6.45) is 0. The number of carbonyl (C=O) groups excluding carboxylic acids is 1. The van der Waals surface area contributed by atoms with Crippen LogP contribution in [0.5, 0.6) is 0 Å². The second kappa shape index (κ2) is 3.04. The molecule has 2 N–H and O–H groups in total. The monoisotopic (exact) mass is 185 g/mol. The topological polar surface area (TPSA) is 91.2 Å². The highest BCUT2D eigenvalue weighted by Crippen LogP contribution is 2.13. The summed E-state index contributed by atoms with van der Waals surface area (Å²) in [5.41, 5.74) is 4.62. The quantitative estimate of drug-likeness (QED) is 0.644. The number of carbonyl (C=O) groups is 1. The number of esters is 1. The van der Waals surface area contributed by atoms with Crippen molar-refractivity contribution in [1.29, 1.82) is 0 Å². The number of nitrogens with two attached hydrogens (primary N) is 1. The molecule has 1 rings (SSSR count). The van der Waals surface area contributed by atoms with Gasteiger partial charge in [0.15, 0.2) is 0 Å². The minimum absolute atomic E-state index is 0.0609. The third-order valence-corrected chi connectivity index (χ3v) is 1.11. The van der Waals surface area contributed by atoms with Crippen LogP contribution >= 0.6 is 0 Å². The van der Waals surface area contributed by atoms with E-state index in [0.717, 1.165) is 0 Å². The van der Waals surface area contributed by atoms with Gasteiger partial charge in [-0.05, 0) is 31.1 Å². The van der Waals surface area contributed by atoms with Gasteiger partial charge in [-0.2, -0.15) is 0 Å². The van der Waals surface area contributed by atoms with E-state index in [1.54, 1.807) is 20.8 Å². The van der Waals surface area contributed by atoms with E-state index in [9.17, 15) is 4.79 Å². The normalized spacial score (nSPS) is 11.3. The zero-order valence-corrected chi connectivity index (χ0v) is 7.70. The summed E-state index contributed by atoms with van der Waals surface area (Å²) in [5.74, 6) is -0.694. The van der Waals surface area contributed by atoms with Crippen molar-refractivity contribution in [2.45, 2.75) is 26.4 Å². The van der Waals surface area contributed by atoms with Crippen LogP contribution in [0.15, 0.2) is 4.63 Å². The average molecular weight is 185 g/mol. The molecule has 0 saturated heterocycles. The lowest BCUT2D eigenvalue weighted by Gasteiger charge is -2.18. The maximum absolute atomic E-state index is 11.3. The Kier molecular flexibility index (Phi) is 2.22. The van der Waals surface area contributed by atoms with Crippen molar-refractivity contribution in [1.82, 2.24) is 10.3 Å². The average Bonchev–Trinajstić information content (AvgIpc) is 2.30. The molecule has 0 saturated carbocycles. The van der Waals surface area contributed by atoms with Crippen molar-refractivity contribution in [3.8, 4) is 0 Å². The third-order valence-electron chi connectivity index (χ3n) is 1.11. The maximum Gasteiger partial charge on any atom is 0.365 e. The molecule has 6 nitrogen and oxygen atoms in total. The second-order valence-electron chi connectivity index (χ2n) is 3.50. The lowest BCUT2D eigenvalue weighted by molar-refractivity contribution is 0.00595. The Bertz CT molecular complexity index is 313. The van der Waals surface area contributed by atoms with E-state index in [1.807, 2.05) is 0 Å². The lowest BCUT2D eigenvalue weighted by Crippen LogP contribution is -2.24. The Morgan fingerprint density at radius 1 is 1.46 bits per heavy atom. The van der Waals surface area contributed by atoms with Gasteiger partial charge in [0.25, 0.3) is 0 Å². The Morgan fingerprint density at radius 3 is 2.46 bits per heavy atom. The van der Waals surface area contributed by atoms with Gasteiger partial charge in [0.2, 0.25) is 11.5 Å². The van der Waals surface area contributed by atoms with Crippen LogP contribution in [0, 0.1) is 0 Å². The fourth-order valence-electron chi connectivity index (χ4n) is 0.663. The predicted octanol–water partition coefficient (Wildman–Crippen LogP) is 0.607. The van der Waals surface area contributed by atoms with Crippen LogP contribution in [0.25, 0.3) is 0 Å². The number of ether oxygens (including phenoxy) is 1. The molecular formula is C7H11N3O3. The highest BCUT2D eigenvalue weighted by Gasteiger charge is 2.23. The van der Waals surface area contributed by atoms with E-state index >= 15 is 0 Å². The molecule has 0 aromatic carbocycles. The fraction of sp³-hybridized carbons (Fsp3) is 0.571. The molecule has 0 aliphatic carbocycles. The van der Waals surface area contributed by atoms with Crippen molar-refractivity contribution in [3.63, 3.8) is 0 Å². The molecule has 0 unspecified atom stereocenters. The summed E-state index contributed by atoms with van der Waals surface area (Å²) in [5, 5.41) is 6.57. The van der Waals surface area contributed by atoms with Crippen molar-refractivity contribution >= 4 is 11.8 Å². The molecule has 0 atom stereocenters. The van der Waals surface area contributed by atoms with Gasteiger partial charge in [0.1, 0.15) is 5.60 Å². The SMILES string of the molecule is CC(C)(C)OC(=O)c1nonc1N. The lowest BCUT2D eigenvalue weighted by atomic mass is 10.2. The van der Waals surface area contributed by atoms with E-state index in [-0.39, 0.29) is 11.5 Å². The summed E-state index contributed by atoms with van der Waals surface area (Å²) in [6, 6.07) is 0. The molecule has 0 bridgehead atoms. The molecule has 13 heavy (non-hydrogen) atoms. The first-order chi connectivity index (χ1) is 5.90. The van der Waals surface area contributed by atoms with Gasteiger partial charge in [-0.25, -0.2) is 9.42 Å². The van der Waals surface area contributed by atoms with E-state index in [4.69, 9.17) is 10.5 Å². The number of hydrogen-bond donors (Lipinski definition) is 1. The summed E-state index contributed by atoms with van der Waals surface area (Å²) in [4.78, 5) is 11.3. The van der Waals surface area contributed by atoms with Crippen LogP contribution in [-0.4, -0.2) is 21.9 Å². The van der Waals surface area contributed by atoms with Gasteiger partial charge in [-0.3, -0.25) is 0 Å². The van der Waals surface area contributed by atoms with Gasteiger partial charge in [-0.15, -0.1) is 0 Å². The molecule has 72 valence electrons. The minimum atomic E-state index is -0.633. The van der Waals surface area contributed by atoms with Crippen molar-refractivity contribution in [2.24, 2.45) is 0 Å². The number of aromatic nitrogens is 2. The van der Waals surface area contributed by atoms with Crippen molar-refractivity contribution in [2.75, 3.05) is 5.73 Å². The van der Waals surface area contributed by atoms with Gasteiger partial charge in [0, 0.05) is 0 Å². The molecule has 0 amide bonds. The number of rotatable bonds is 1. The first-order valence-corrected chi connectivity index (χ1v) is 3.71. The second-order valence-corrected chi connectivity index (χ2v) is 3.50. The highest BCUT2D eigenvalue weighted by molar-refractivity contribution is 5.91. The highest BCUT2D eigenvalue weighted by atomic mass is 16.6. The summed E-state index contributed by atoms with van der Waals surface area (Å²) < 4.78 is 9.24.